The molecule has 18 heteroatoms. The predicted octanol–water partition coefficient (Wildman–Crippen LogP) is 9.13. The Morgan fingerprint density at radius 3 is 0.698 bits per heavy atom. The minimum atomic E-state index is -0.853. The summed E-state index contributed by atoms with van der Waals surface area (Å²) in [5.74, 6) is -4.73. The van der Waals surface area contributed by atoms with Crippen molar-refractivity contribution in [1.29, 1.82) is 0 Å². The first-order valence-corrected chi connectivity index (χ1v) is 30.9. The van der Waals surface area contributed by atoms with E-state index in [0.717, 1.165) is 21.9 Å². The van der Waals surface area contributed by atoms with Gasteiger partial charge >= 0.3 is 0 Å². The second kappa shape index (κ2) is 14.0. The van der Waals surface area contributed by atoms with E-state index in [4.69, 9.17) is 0 Å². The molecule has 438 valence electrons. The molecule has 0 amide bonds. The number of aromatic nitrogens is 6. The van der Waals surface area contributed by atoms with Crippen LogP contribution in [0.4, 0.5) is 0 Å². The normalized spacial score (nSPS) is 14.0. The summed E-state index contributed by atoms with van der Waals surface area (Å²) in [4.78, 5) is 113. The molecule has 0 unspecified atom stereocenters. The van der Waals surface area contributed by atoms with Gasteiger partial charge in [0.1, 0.15) is 0 Å². The lowest BCUT2D eigenvalue weighted by atomic mass is 9.73. The Morgan fingerprint density at radius 2 is 0.365 bits per heavy atom. The average Bonchev–Trinajstić information content (AvgIpc) is 0.648. The molecule has 1 aliphatic carbocycles. The van der Waals surface area contributed by atoms with E-state index in [1.54, 1.807) is 84.9 Å². The molecule has 0 spiro atoms. The van der Waals surface area contributed by atoms with Gasteiger partial charge in [0.2, 0.25) is 0 Å². The number of pyridine rings is 6. The fourth-order valence-electron chi connectivity index (χ4n) is 20.1. The summed E-state index contributed by atoms with van der Waals surface area (Å²) in [6, 6.07) is 24.0. The van der Waals surface area contributed by atoms with Gasteiger partial charge in [-0.2, -0.15) is 0 Å². The van der Waals surface area contributed by atoms with E-state index in [0.29, 0.717) is 185 Å². The van der Waals surface area contributed by atoms with Crippen LogP contribution in [0, 0.1) is 0 Å². The molecular weight excluding hydrogens is 1210 g/mol. The van der Waals surface area contributed by atoms with Crippen molar-refractivity contribution < 1.29 is 30.6 Å². The van der Waals surface area contributed by atoms with Gasteiger partial charge in [-0.25, -0.2) is 29.9 Å². The van der Waals surface area contributed by atoms with Gasteiger partial charge in [-0.15, -0.1) is 0 Å². The van der Waals surface area contributed by atoms with Crippen molar-refractivity contribution in [2.45, 2.75) is 12.8 Å². The molecule has 19 aromatic carbocycles. The molecule has 25 aromatic rings. The standard InChI is InChI=1S/C78H24N6O12/c85-67-21-5-3-19-20-4-6-22-44-34(72(90)80-68(22)86)10-24-46-28-14-38-52-40(78(96)84-76(38)94)16-30-48-26-12-36-50-32(70(88)82-74(36)92)8-18-2-1-17-7-31-49-35(73(91)81-69(31)87)11-25(57-58(26)64(50)42(18)41(17)63(49)57)47(48)29-15-39-51-37(75(93)83-77(39)95)13-27(59-60(28)66(52)62(30)61(29)65(51)59)45(46)23-9-33(71(89)79-67)43(21)53(19)55(23)56(24)54(20)44/h3-16H,1-2H2,(H,79,85,89)(H,80,86,90)(H,81,87,91)(H,82,88,92)(H,83,93,95)(H,84,94,96)/p-6. The second-order valence-electron chi connectivity index (χ2n) is 26.8. The Balaban J connectivity index is 1.04. The number of fused-ring (bicyclic) bond motifs is 11. The van der Waals surface area contributed by atoms with Crippen molar-refractivity contribution in [2.24, 2.45) is 0 Å². The molecule has 26 rings (SSSR count). The molecule has 0 aliphatic heterocycles. The monoisotopic (exact) mass is 1230 g/mol. The zero-order valence-electron chi connectivity index (χ0n) is 48.1. The number of rotatable bonds is 0. The first-order valence-electron chi connectivity index (χ1n) is 30.9. The number of nitrogens with zero attached hydrogens (tertiary/aromatic N) is 6. The number of aryl methyl sites for hydroxylation is 2. The van der Waals surface area contributed by atoms with E-state index >= 15 is 19.8 Å². The summed E-state index contributed by atoms with van der Waals surface area (Å²) >= 11 is 0. The van der Waals surface area contributed by atoms with Crippen molar-refractivity contribution >= 4 is 259 Å². The SMILES string of the molecule is O=c1nc([O-])c2cc3c4c5cc6c(=O)nc([O-])c7cc8c9c%10cc%11c(=O)nc([O-])c%12cc%13c%14c%15c(cc%16c(=O)nc([O-])c%17cc(c9c9cc%18c(=O)nc([O-])c%19cc(c4c4cc%20c(=O)nc([O-])c%21ccc%22c%23ccc1c2c%23c3c4c%22c%21%20)c1c5c(c76)c8c9c1c%19%18)c(c%10c%14c%12%11)c%15c%17%16)CC%13. The highest BCUT2D eigenvalue weighted by Gasteiger charge is 2.36. The summed E-state index contributed by atoms with van der Waals surface area (Å²) in [5, 5.41) is 107. The van der Waals surface area contributed by atoms with Crippen LogP contribution < -0.4 is 64.0 Å². The average molecular weight is 1230 g/mol. The van der Waals surface area contributed by atoms with Gasteiger partial charge in [0.05, 0.1) is 32.3 Å². The summed E-state index contributed by atoms with van der Waals surface area (Å²) < 4.78 is 0. The van der Waals surface area contributed by atoms with Crippen LogP contribution in [0.1, 0.15) is 11.1 Å². The van der Waals surface area contributed by atoms with E-state index < -0.39 is 68.6 Å². The van der Waals surface area contributed by atoms with E-state index in [1.165, 1.54) is 0 Å². The van der Waals surface area contributed by atoms with E-state index in [2.05, 4.69) is 29.9 Å². The lowest BCUT2D eigenvalue weighted by Crippen LogP contribution is -2.15. The Morgan fingerprint density at radius 1 is 0.177 bits per heavy atom. The highest BCUT2D eigenvalue weighted by Crippen LogP contribution is 2.63. The number of hydrogen-bond donors (Lipinski definition) is 0. The molecule has 96 heavy (non-hydrogen) atoms. The van der Waals surface area contributed by atoms with Crippen molar-refractivity contribution in [3.63, 3.8) is 0 Å². The fraction of sp³-hybridized carbons (Fsp3) is 0.0256. The Kier molecular flexibility index (Phi) is 6.90. The molecular formula is C78H18N6O12-6. The van der Waals surface area contributed by atoms with Crippen LogP contribution in [0.5, 0.6) is 35.3 Å². The van der Waals surface area contributed by atoms with E-state index in [9.17, 15) is 39.6 Å². The number of benzene rings is 19. The second-order valence-corrected chi connectivity index (χ2v) is 26.8. The highest BCUT2D eigenvalue weighted by molar-refractivity contribution is 6.62. The van der Waals surface area contributed by atoms with Gasteiger partial charge in [-0.3, -0.25) is 28.8 Å². The highest BCUT2D eigenvalue weighted by atomic mass is 16.3. The van der Waals surface area contributed by atoms with Crippen molar-refractivity contribution in [3.8, 4) is 35.3 Å². The maximum Gasteiger partial charge on any atom is 0.277 e. The maximum atomic E-state index is 15.2. The quantitative estimate of drug-likeness (QED) is 0.101. The molecule has 6 heterocycles. The van der Waals surface area contributed by atoms with Gasteiger partial charge < -0.3 is 30.6 Å². The molecule has 6 aromatic heterocycles. The zero-order chi connectivity index (χ0) is 63.4. The van der Waals surface area contributed by atoms with Crippen LogP contribution in [-0.4, -0.2) is 29.9 Å². The first-order chi connectivity index (χ1) is 46.6. The van der Waals surface area contributed by atoms with Gasteiger partial charge in [0, 0.05) is 43.1 Å². The molecule has 0 saturated heterocycles. The largest absolute Gasteiger partial charge is 0.858 e. The van der Waals surface area contributed by atoms with Crippen LogP contribution in [0.15, 0.2) is 114 Å². The summed E-state index contributed by atoms with van der Waals surface area (Å²) in [5.41, 5.74) is -3.13. The molecule has 18 nitrogen and oxygen atoms in total. The molecule has 0 radical (unpaired) electrons. The molecule has 1 aliphatic rings. The lowest BCUT2D eigenvalue weighted by Gasteiger charge is -2.31. The van der Waals surface area contributed by atoms with Gasteiger partial charge in [0.25, 0.3) is 33.4 Å². The van der Waals surface area contributed by atoms with Crippen LogP contribution in [-0.2, 0) is 12.8 Å². The van der Waals surface area contributed by atoms with Crippen molar-refractivity contribution in [1.82, 2.24) is 29.9 Å². The van der Waals surface area contributed by atoms with Gasteiger partial charge in [-0.05, 0) is 309 Å². The molecule has 0 saturated carbocycles. The summed E-state index contributed by atoms with van der Waals surface area (Å²) in [7, 11) is 0. The zero-order valence-corrected chi connectivity index (χ0v) is 48.1. The molecule has 0 atom stereocenters. The Hall–Kier alpha value is -13.5. The van der Waals surface area contributed by atoms with Gasteiger partial charge in [-0.1, -0.05) is 18.2 Å². The summed E-state index contributed by atoms with van der Waals surface area (Å²) in [6.07, 6.45) is 0.884. The first kappa shape index (κ1) is 47.4. The van der Waals surface area contributed by atoms with Crippen LogP contribution >= 0.6 is 0 Å². The summed E-state index contributed by atoms with van der Waals surface area (Å²) in [6.45, 7) is 0. The maximum absolute atomic E-state index is 15.2. The van der Waals surface area contributed by atoms with Gasteiger partial charge in [0.15, 0.2) is 0 Å². The van der Waals surface area contributed by atoms with Crippen molar-refractivity contribution in [2.75, 3.05) is 0 Å². The smallest absolute Gasteiger partial charge is 0.277 e. The molecule has 0 fully saturated rings. The number of hydrogen-bond acceptors (Lipinski definition) is 18. The predicted molar refractivity (Wildman–Crippen MR) is 360 cm³/mol. The Bertz CT molecular complexity index is 8740. The molecule has 0 bridgehead atoms. The van der Waals surface area contributed by atoms with Crippen molar-refractivity contribution in [3.05, 3.63) is 158 Å². The third-order valence-corrected chi connectivity index (χ3v) is 23.2. The van der Waals surface area contributed by atoms with Crippen LogP contribution in [0.3, 0.4) is 0 Å². The topological polar surface area (TPSA) is 318 Å². The fourth-order valence-corrected chi connectivity index (χ4v) is 20.1. The van der Waals surface area contributed by atoms with E-state index in [-0.39, 0.29) is 75.4 Å². The van der Waals surface area contributed by atoms with E-state index in [1.807, 2.05) is 0 Å². The third-order valence-electron chi connectivity index (χ3n) is 23.2. The third kappa shape index (κ3) is 4.47. The van der Waals surface area contributed by atoms with Crippen LogP contribution in [0.2, 0.25) is 0 Å². The Labute approximate surface area is 522 Å². The molecule has 0 N–H and O–H groups in total. The minimum absolute atomic E-state index is 0.0435. The lowest BCUT2D eigenvalue weighted by molar-refractivity contribution is -0.273. The minimum Gasteiger partial charge on any atom is -0.858 e. The van der Waals surface area contributed by atoms with Crippen LogP contribution in [0.25, 0.3) is 259 Å².